The highest BCUT2D eigenvalue weighted by Gasteiger charge is 2.29. The van der Waals surface area contributed by atoms with E-state index in [0.29, 0.717) is 5.54 Å². The number of hydrogen-bond donors (Lipinski definition) is 0. The fourth-order valence-corrected chi connectivity index (χ4v) is 5.06. The molecule has 0 heterocycles. The minimum atomic E-state index is -0.313. The van der Waals surface area contributed by atoms with Crippen LogP contribution in [-0.2, 0) is 0 Å². The topological polar surface area (TPSA) is 3.24 Å². The average Bonchev–Trinajstić information content (AvgIpc) is 2.37. The van der Waals surface area contributed by atoms with Crippen LogP contribution in [0.4, 0.5) is 0 Å². The van der Waals surface area contributed by atoms with Gasteiger partial charge in [-0.1, -0.05) is 49.6 Å². The van der Waals surface area contributed by atoms with Crippen molar-refractivity contribution >= 4 is 14.9 Å². The van der Waals surface area contributed by atoms with Gasteiger partial charge in [-0.05, 0) is 38.8 Å². The first-order valence-electron chi connectivity index (χ1n) is 7.38. The Morgan fingerprint density at radius 2 is 1.61 bits per heavy atom. The fourth-order valence-electron chi connectivity index (χ4n) is 3.09. The molecule has 1 aliphatic carbocycles. The predicted molar refractivity (Wildman–Crippen MR) is 83.1 cm³/mol. The van der Waals surface area contributed by atoms with Crippen LogP contribution >= 0.6 is 0 Å². The van der Waals surface area contributed by atoms with Crippen LogP contribution in [0.1, 0.15) is 52.9 Å². The van der Waals surface area contributed by atoms with Gasteiger partial charge in [-0.2, -0.15) is 0 Å². The highest BCUT2D eigenvalue weighted by atomic mass is 28.2. The van der Waals surface area contributed by atoms with Crippen LogP contribution in [0.2, 0.25) is 0 Å². The Balaban J connectivity index is 2.10. The van der Waals surface area contributed by atoms with Crippen LogP contribution in [0.5, 0.6) is 0 Å². The molecule has 1 nitrogen and oxygen atoms in total. The summed E-state index contributed by atoms with van der Waals surface area (Å²) in [4.78, 5) is 0. The lowest BCUT2D eigenvalue weighted by Crippen LogP contribution is -2.54. The average molecular weight is 261 g/mol. The Morgan fingerprint density at radius 1 is 1.00 bits per heavy atom. The molecule has 1 aromatic rings. The Bertz CT molecular complexity index is 349. The highest BCUT2D eigenvalue weighted by molar-refractivity contribution is 6.50. The van der Waals surface area contributed by atoms with Crippen molar-refractivity contribution in [1.82, 2.24) is 4.57 Å². The van der Waals surface area contributed by atoms with E-state index < -0.39 is 0 Å². The van der Waals surface area contributed by atoms with E-state index in [0.717, 1.165) is 6.04 Å². The largest absolute Gasteiger partial charge is 0.318 e. The third-order valence-electron chi connectivity index (χ3n) is 4.07. The number of benzene rings is 1. The number of rotatable bonds is 3. The van der Waals surface area contributed by atoms with Gasteiger partial charge in [-0.15, -0.1) is 0 Å². The van der Waals surface area contributed by atoms with E-state index in [2.05, 4.69) is 55.7 Å². The Labute approximate surface area is 114 Å². The zero-order valence-corrected chi connectivity index (χ0v) is 13.6. The second-order valence-electron chi connectivity index (χ2n) is 6.58. The smallest absolute Gasteiger partial charge is 0.128 e. The Hall–Kier alpha value is -0.603. The van der Waals surface area contributed by atoms with Gasteiger partial charge in [0.2, 0.25) is 0 Å². The molecule has 1 fully saturated rings. The normalized spacial score (nSPS) is 18.9. The molecule has 0 amide bonds. The van der Waals surface area contributed by atoms with Crippen LogP contribution in [0.25, 0.3) is 0 Å². The number of hydrogen-bond acceptors (Lipinski definition) is 1. The molecule has 0 atom stereocenters. The highest BCUT2D eigenvalue weighted by Crippen LogP contribution is 2.27. The molecule has 1 saturated carbocycles. The first-order valence-corrected chi connectivity index (χ1v) is 8.72. The Kier molecular flexibility index (Phi) is 4.63. The zero-order valence-electron chi connectivity index (χ0n) is 12.2. The minimum absolute atomic E-state index is 0.313. The monoisotopic (exact) mass is 261 g/mol. The third kappa shape index (κ3) is 3.69. The van der Waals surface area contributed by atoms with E-state index in [-0.39, 0.29) is 9.68 Å². The summed E-state index contributed by atoms with van der Waals surface area (Å²) >= 11 is 0. The van der Waals surface area contributed by atoms with Crippen molar-refractivity contribution in [2.24, 2.45) is 0 Å². The lowest BCUT2D eigenvalue weighted by atomic mass is 9.93. The molecule has 0 bridgehead atoms. The molecule has 1 aromatic carbocycles. The van der Waals surface area contributed by atoms with Crippen molar-refractivity contribution < 1.29 is 0 Å². The van der Waals surface area contributed by atoms with Crippen molar-refractivity contribution in [2.45, 2.75) is 64.5 Å². The summed E-state index contributed by atoms with van der Waals surface area (Å²) in [6.07, 6.45) is 7.14. The lowest BCUT2D eigenvalue weighted by Gasteiger charge is -2.43. The summed E-state index contributed by atoms with van der Waals surface area (Å²) in [5.41, 5.74) is 0.323. The second-order valence-corrected chi connectivity index (χ2v) is 8.39. The first-order chi connectivity index (χ1) is 8.57. The van der Waals surface area contributed by atoms with Crippen molar-refractivity contribution in [1.29, 1.82) is 0 Å². The fraction of sp³-hybridized carbons (Fsp3) is 0.625. The maximum absolute atomic E-state index is 2.85. The molecule has 0 N–H and O–H groups in total. The van der Waals surface area contributed by atoms with Crippen molar-refractivity contribution in [3.05, 3.63) is 30.3 Å². The quantitative estimate of drug-likeness (QED) is 0.756. The molecule has 2 rings (SSSR count). The van der Waals surface area contributed by atoms with Crippen molar-refractivity contribution in [3.63, 3.8) is 0 Å². The molecule has 0 spiro atoms. The lowest BCUT2D eigenvalue weighted by molar-refractivity contribution is 0.158. The molecule has 100 valence electrons. The second kappa shape index (κ2) is 6.03. The molecular weight excluding hydrogens is 234 g/mol. The van der Waals surface area contributed by atoms with Crippen LogP contribution in [0, 0.1) is 0 Å². The minimum Gasteiger partial charge on any atom is -0.318 e. The predicted octanol–water partition coefficient (Wildman–Crippen LogP) is 2.83. The van der Waals surface area contributed by atoms with Crippen molar-refractivity contribution in [2.75, 3.05) is 0 Å². The van der Waals surface area contributed by atoms with Gasteiger partial charge >= 0.3 is 0 Å². The van der Waals surface area contributed by atoms with Gasteiger partial charge in [-0.3, -0.25) is 0 Å². The molecule has 0 aliphatic heterocycles. The number of nitrogens with zero attached hydrogens (tertiary/aromatic N) is 1. The van der Waals surface area contributed by atoms with E-state index in [4.69, 9.17) is 0 Å². The summed E-state index contributed by atoms with van der Waals surface area (Å²) in [6, 6.07) is 12.0. The van der Waals surface area contributed by atoms with Crippen molar-refractivity contribution in [3.8, 4) is 0 Å². The molecular formula is C16H27NSi. The van der Waals surface area contributed by atoms with E-state index in [1.807, 2.05) is 0 Å². The molecule has 1 aliphatic rings. The summed E-state index contributed by atoms with van der Waals surface area (Å²) in [5.74, 6) is 0. The summed E-state index contributed by atoms with van der Waals surface area (Å²) in [7, 11) is -0.313. The maximum Gasteiger partial charge on any atom is 0.128 e. The summed E-state index contributed by atoms with van der Waals surface area (Å²) in [5, 5.41) is 1.58. The SMILES string of the molecule is CC(C)(C)N([SiH2]c1ccccc1)C1CCCCC1. The van der Waals surface area contributed by atoms with E-state index in [1.165, 1.54) is 32.1 Å². The van der Waals surface area contributed by atoms with E-state index >= 15 is 0 Å². The standard InChI is InChI=1S/C16H27NSi/c1-16(2,3)17(14-10-6-4-7-11-14)18-15-12-8-5-9-13-15/h5,8-9,12-14H,4,6-7,10-11,18H2,1-3H3. The van der Waals surface area contributed by atoms with Gasteiger partial charge in [0, 0.05) is 11.6 Å². The molecule has 18 heavy (non-hydrogen) atoms. The third-order valence-corrected chi connectivity index (χ3v) is 6.72. The van der Waals surface area contributed by atoms with Crippen LogP contribution in [0.15, 0.2) is 30.3 Å². The maximum atomic E-state index is 2.85. The van der Waals surface area contributed by atoms with Gasteiger partial charge in [0.15, 0.2) is 0 Å². The van der Waals surface area contributed by atoms with E-state index in [9.17, 15) is 0 Å². The van der Waals surface area contributed by atoms with Crippen LogP contribution in [-0.4, -0.2) is 25.8 Å². The van der Waals surface area contributed by atoms with Gasteiger partial charge in [-0.25, -0.2) is 0 Å². The molecule has 0 radical (unpaired) electrons. The first kappa shape index (κ1) is 13.8. The van der Waals surface area contributed by atoms with Crippen LogP contribution in [0.3, 0.4) is 0 Å². The Morgan fingerprint density at radius 3 is 2.17 bits per heavy atom. The molecule has 0 aromatic heterocycles. The van der Waals surface area contributed by atoms with E-state index in [1.54, 1.807) is 5.19 Å². The van der Waals surface area contributed by atoms with Gasteiger partial charge in [0.1, 0.15) is 9.68 Å². The van der Waals surface area contributed by atoms with Gasteiger partial charge < -0.3 is 4.57 Å². The molecule has 2 heteroatoms. The van der Waals surface area contributed by atoms with Gasteiger partial charge in [0.25, 0.3) is 0 Å². The van der Waals surface area contributed by atoms with Gasteiger partial charge in [0.05, 0.1) is 0 Å². The molecule has 0 saturated heterocycles. The summed E-state index contributed by atoms with van der Waals surface area (Å²) in [6.45, 7) is 7.16. The summed E-state index contributed by atoms with van der Waals surface area (Å²) < 4.78 is 2.85. The molecule has 0 unspecified atom stereocenters. The van der Waals surface area contributed by atoms with Crippen LogP contribution < -0.4 is 5.19 Å². The zero-order chi connectivity index (χ0) is 13.0.